The summed E-state index contributed by atoms with van der Waals surface area (Å²) in [5.41, 5.74) is 0. The van der Waals surface area contributed by atoms with Gasteiger partial charge < -0.3 is 5.11 Å². The smallest absolute Gasteiger partial charge is 0.241 e. The van der Waals surface area contributed by atoms with Crippen molar-refractivity contribution < 1.29 is 13.5 Å². The first-order chi connectivity index (χ1) is 9.44. The van der Waals surface area contributed by atoms with Gasteiger partial charge in [0.25, 0.3) is 0 Å². The maximum atomic E-state index is 12.3. The van der Waals surface area contributed by atoms with Crippen LogP contribution in [-0.2, 0) is 10.0 Å². The van der Waals surface area contributed by atoms with E-state index in [1.807, 2.05) is 13.8 Å². The van der Waals surface area contributed by atoms with Crippen molar-refractivity contribution in [3.63, 3.8) is 0 Å². The summed E-state index contributed by atoms with van der Waals surface area (Å²) >= 11 is 1.50. The predicted molar refractivity (Wildman–Crippen MR) is 81.5 cm³/mol. The fraction of sp³-hybridized carbons (Fsp3) is 0.714. The summed E-state index contributed by atoms with van der Waals surface area (Å²) in [4.78, 5) is 2.24. The Balaban J connectivity index is 2.03. The van der Waals surface area contributed by atoms with Crippen molar-refractivity contribution in [1.82, 2.24) is 4.72 Å². The van der Waals surface area contributed by atoms with Crippen molar-refractivity contribution in [3.8, 4) is 0 Å². The molecule has 1 saturated carbocycles. The van der Waals surface area contributed by atoms with Gasteiger partial charge in [0.15, 0.2) is 0 Å². The highest BCUT2D eigenvalue weighted by molar-refractivity contribution is 7.89. The van der Waals surface area contributed by atoms with Crippen LogP contribution in [0, 0.1) is 25.7 Å². The van der Waals surface area contributed by atoms with Crippen molar-refractivity contribution in [2.45, 2.75) is 44.4 Å². The van der Waals surface area contributed by atoms with Gasteiger partial charge in [0, 0.05) is 22.9 Å². The van der Waals surface area contributed by atoms with Gasteiger partial charge in [-0.05, 0) is 44.6 Å². The van der Waals surface area contributed by atoms with Crippen molar-refractivity contribution in [1.29, 1.82) is 0 Å². The largest absolute Gasteiger partial charge is 0.396 e. The molecule has 0 amide bonds. The number of aliphatic hydroxyl groups is 1. The van der Waals surface area contributed by atoms with Crippen LogP contribution in [0.4, 0.5) is 0 Å². The number of sulfonamides is 1. The fourth-order valence-corrected chi connectivity index (χ4v) is 5.61. The zero-order valence-electron chi connectivity index (χ0n) is 12.1. The highest BCUT2D eigenvalue weighted by Crippen LogP contribution is 2.30. The van der Waals surface area contributed by atoms with Crippen molar-refractivity contribution in [3.05, 3.63) is 15.8 Å². The van der Waals surface area contributed by atoms with Crippen LogP contribution in [0.3, 0.4) is 0 Å². The zero-order valence-corrected chi connectivity index (χ0v) is 13.7. The van der Waals surface area contributed by atoms with Crippen molar-refractivity contribution in [2.24, 2.45) is 11.8 Å². The zero-order chi connectivity index (χ0) is 14.8. The first-order valence-corrected chi connectivity index (χ1v) is 9.41. The highest BCUT2D eigenvalue weighted by Gasteiger charge is 2.27. The molecule has 0 saturated heterocycles. The molecule has 4 nitrogen and oxygen atoms in total. The summed E-state index contributed by atoms with van der Waals surface area (Å²) in [6, 6.07) is 1.73. The highest BCUT2D eigenvalue weighted by atomic mass is 32.2. The summed E-state index contributed by atoms with van der Waals surface area (Å²) in [5.74, 6) is 0.486. The summed E-state index contributed by atoms with van der Waals surface area (Å²) in [6.07, 6.45) is 4.26. The van der Waals surface area contributed by atoms with Gasteiger partial charge in [0.2, 0.25) is 10.0 Å². The second-order valence-electron chi connectivity index (χ2n) is 5.62. The number of aryl methyl sites for hydroxylation is 2. The summed E-state index contributed by atoms with van der Waals surface area (Å²) < 4.78 is 27.4. The molecule has 1 aromatic rings. The minimum absolute atomic E-state index is 0.156. The van der Waals surface area contributed by atoms with Gasteiger partial charge in [-0.15, -0.1) is 11.3 Å². The molecule has 0 radical (unpaired) electrons. The van der Waals surface area contributed by atoms with Crippen LogP contribution in [0.15, 0.2) is 11.0 Å². The topological polar surface area (TPSA) is 66.4 Å². The third-order valence-corrected chi connectivity index (χ3v) is 6.77. The Morgan fingerprint density at radius 3 is 2.50 bits per heavy atom. The molecule has 6 heteroatoms. The number of nitrogens with one attached hydrogen (secondary N) is 1. The van der Waals surface area contributed by atoms with Gasteiger partial charge in [0.1, 0.15) is 0 Å². The molecule has 0 aromatic carbocycles. The van der Waals surface area contributed by atoms with E-state index in [1.54, 1.807) is 6.07 Å². The lowest BCUT2D eigenvalue weighted by Crippen LogP contribution is -2.35. The maximum absolute atomic E-state index is 12.3. The number of rotatable bonds is 5. The van der Waals surface area contributed by atoms with Gasteiger partial charge in [-0.3, -0.25) is 0 Å². The first kappa shape index (κ1) is 15.9. The maximum Gasteiger partial charge on any atom is 0.241 e. The Kier molecular flexibility index (Phi) is 5.23. The van der Waals surface area contributed by atoms with E-state index in [0.717, 1.165) is 35.4 Å². The van der Waals surface area contributed by atoms with Crippen LogP contribution < -0.4 is 4.72 Å². The van der Waals surface area contributed by atoms with E-state index in [9.17, 15) is 13.5 Å². The molecule has 2 atom stereocenters. The second kappa shape index (κ2) is 6.56. The van der Waals surface area contributed by atoms with Crippen molar-refractivity contribution in [2.75, 3.05) is 13.2 Å². The molecule has 1 heterocycles. The number of hydrogen-bond acceptors (Lipinski definition) is 4. The minimum atomic E-state index is -3.42. The van der Waals surface area contributed by atoms with E-state index < -0.39 is 10.0 Å². The standard InChI is InChI=1S/C14H23NO3S2/c1-10-7-14(11(2)19-10)20(17,18)15-8-12-5-3-4-6-13(12)9-16/h7,12-13,15-16H,3-6,8-9H2,1-2H3. The third-order valence-electron chi connectivity index (χ3n) is 4.12. The van der Waals surface area contributed by atoms with E-state index in [1.165, 1.54) is 11.3 Å². The van der Waals surface area contributed by atoms with E-state index >= 15 is 0 Å². The Hall–Kier alpha value is -0.430. The molecule has 114 valence electrons. The molecule has 0 aliphatic heterocycles. The molecular weight excluding hydrogens is 294 g/mol. The molecule has 1 aliphatic carbocycles. The Morgan fingerprint density at radius 1 is 1.30 bits per heavy atom. The molecule has 1 fully saturated rings. The number of aliphatic hydroxyl groups excluding tert-OH is 1. The monoisotopic (exact) mass is 317 g/mol. The van der Waals surface area contributed by atoms with E-state index in [0.29, 0.717) is 11.4 Å². The summed E-state index contributed by atoms with van der Waals surface area (Å²) in [6.45, 7) is 4.34. The van der Waals surface area contributed by atoms with Gasteiger partial charge in [0.05, 0.1) is 4.90 Å². The molecule has 0 bridgehead atoms. The van der Waals surface area contributed by atoms with E-state index in [-0.39, 0.29) is 18.4 Å². The summed E-state index contributed by atoms with van der Waals surface area (Å²) in [5, 5.41) is 9.38. The van der Waals surface area contributed by atoms with E-state index in [2.05, 4.69) is 4.72 Å². The van der Waals surface area contributed by atoms with Gasteiger partial charge >= 0.3 is 0 Å². The lowest BCUT2D eigenvalue weighted by molar-refractivity contribution is 0.136. The molecule has 0 spiro atoms. The molecule has 2 rings (SSSR count). The summed E-state index contributed by atoms with van der Waals surface area (Å²) in [7, 11) is -3.42. The normalized spacial score (nSPS) is 23.9. The minimum Gasteiger partial charge on any atom is -0.396 e. The second-order valence-corrected chi connectivity index (χ2v) is 8.81. The number of thiophene rings is 1. The Bertz CT molecular complexity index is 551. The first-order valence-electron chi connectivity index (χ1n) is 7.11. The van der Waals surface area contributed by atoms with Crippen LogP contribution in [0.5, 0.6) is 0 Å². The number of hydrogen-bond donors (Lipinski definition) is 2. The van der Waals surface area contributed by atoms with Crippen LogP contribution in [0.1, 0.15) is 35.4 Å². The molecule has 2 unspecified atom stereocenters. The van der Waals surface area contributed by atoms with Gasteiger partial charge in [-0.1, -0.05) is 12.8 Å². The predicted octanol–water partition coefficient (Wildman–Crippen LogP) is 2.44. The van der Waals surface area contributed by atoms with Crippen LogP contribution in [0.25, 0.3) is 0 Å². The molecule has 20 heavy (non-hydrogen) atoms. The lowest BCUT2D eigenvalue weighted by atomic mass is 9.80. The van der Waals surface area contributed by atoms with Crippen molar-refractivity contribution >= 4 is 21.4 Å². The molecule has 2 N–H and O–H groups in total. The quantitative estimate of drug-likeness (QED) is 0.876. The fourth-order valence-electron chi connectivity index (χ4n) is 2.96. The molecule has 1 aliphatic rings. The SMILES string of the molecule is Cc1cc(S(=O)(=O)NCC2CCCCC2CO)c(C)s1. The van der Waals surface area contributed by atoms with Gasteiger partial charge in [-0.25, -0.2) is 13.1 Å². The molecule has 1 aromatic heterocycles. The van der Waals surface area contributed by atoms with E-state index in [4.69, 9.17) is 0 Å². The van der Waals surface area contributed by atoms with Crippen LogP contribution in [0.2, 0.25) is 0 Å². The molecular formula is C14H23NO3S2. The Labute approximate surface area is 125 Å². The van der Waals surface area contributed by atoms with Gasteiger partial charge in [-0.2, -0.15) is 0 Å². The Morgan fingerprint density at radius 2 is 1.95 bits per heavy atom. The average molecular weight is 317 g/mol. The lowest BCUT2D eigenvalue weighted by Gasteiger charge is -2.30. The van der Waals surface area contributed by atoms with Crippen LogP contribution in [-0.4, -0.2) is 26.7 Å². The average Bonchev–Trinajstić information content (AvgIpc) is 2.76. The third kappa shape index (κ3) is 3.61. The van der Waals surface area contributed by atoms with Crippen LogP contribution >= 0.6 is 11.3 Å².